The number of aliphatic hydroxyl groups is 1. The highest BCUT2D eigenvalue weighted by Gasteiger charge is 2.22. The van der Waals surface area contributed by atoms with Gasteiger partial charge in [0.25, 0.3) is 0 Å². The Balaban J connectivity index is 2.31. The lowest BCUT2D eigenvalue weighted by atomic mass is 10.3. The molecule has 64 valence electrons. The van der Waals surface area contributed by atoms with E-state index in [1.165, 1.54) is 0 Å². The molecule has 1 aliphatic rings. The molecule has 1 amide bonds. The Bertz CT molecular complexity index is 130. The zero-order chi connectivity index (χ0) is 8.10. The Morgan fingerprint density at radius 2 is 2.55 bits per heavy atom. The van der Waals surface area contributed by atoms with Crippen molar-refractivity contribution in [3.8, 4) is 0 Å². The predicted octanol–water partition coefficient (Wildman–Crippen LogP) is -0.853. The van der Waals surface area contributed by atoms with Crippen LogP contribution in [0.25, 0.3) is 0 Å². The number of carbonyl (C=O) groups is 1. The maximum atomic E-state index is 10.1. The van der Waals surface area contributed by atoms with Gasteiger partial charge in [0.1, 0.15) is 0 Å². The summed E-state index contributed by atoms with van der Waals surface area (Å²) in [5, 5.41) is 11.4. The third-order valence-corrected chi connectivity index (χ3v) is 2.01. The van der Waals surface area contributed by atoms with Crippen molar-refractivity contribution < 1.29 is 9.90 Å². The van der Waals surface area contributed by atoms with Gasteiger partial charge in [0.05, 0.1) is 12.8 Å². The summed E-state index contributed by atoms with van der Waals surface area (Å²) in [7, 11) is 0. The number of rotatable bonds is 4. The average molecular weight is 158 g/mol. The number of nitrogens with one attached hydrogen (secondary N) is 1. The lowest BCUT2D eigenvalue weighted by Crippen LogP contribution is -2.41. The van der Waals surface area contributed by atoms with Crippen LogP contribution in [0.3, 0.4) is 0 Å². The molecular weight excluding hydrogens is 144 g/mol. The summed E-state index contributed by atoms with van der Waals surface area (Å²) in [6.45, 7) is 1.80. The van der Waals surface area contributed by atoms with Crippen LogP contribution in [-0.2, 0) is 4.79 Å². The van der Waals surface area contributed by atoms with Gasteiger partial charge in [-0.3, -0.25) is 9.69 Å². The summed E-state index contributed by atoms with van der Waals surface area (Å²) in [5.74, 6) is 0. The number of likely N-dealkylation sites (tertiary alicyclic amines) is 1. The van der Waals surface area contributed by atoms with E-state index in [4.69, 9.17) is 5.11 Å². The van der Waals surface area contributed by atoms with Crippen molar-refractivity contribution in [2.75, 3.05) is 19.7 Å². The molecule has 1 heterocycles. The summed E-state index contributed by atoms with van der Waals surface area (Å²) >= 11 is 0. The molecule has 0 aliphatic carbocycles. The Morgan fingerprint density at radius 1 is 1.73 bits per heavy atom. The van der Waals surface area contributed by atoms with Crippen molar-refractivity contribution in [3.05, 3.63) is 0 Å². The van der Waals surface area contributed by atoms with Crippen molar-refractivity contribution in [2.45, 2.75) is 19.0 Å². The lowest BCUT2D eigenvalue weighted by Gasteiger charge is -2.22. The van der Waals surface area contributed by atoms with Gasteiger partial charge in [-0.15, -0.1) is 0 Å². The Labute approximate surface area is 66.2 Å². The minimum atomic E-state index is 0.152. The molecule has 0 bridgehead atoms. The van der Waals surface area contributed by atoms with Gasteiger partial charge in [0, 0.05) is 13.1 Å². The molecule has 11 heavy (non-hydrogen) atoms. The van der Waals surface area contributed by atoms with Gasteiger partial charge in [0.15, 0.2) is 0 Å². The molecule has 1 aliphatic heterocycles. The van der Waals surface area contributed by atoms with Gasteiger partial charge < -0.3 is 10.4 Å². The number of β-amino-alcohol motifs (C(OH)–C–C–N with tert-alkyl or cyclic N) is 1. The third-order valence-electron chi connectivity index (χ3n) is 2.01. The molecule has 4 nitrogen and oxygen atoms in total. The van der Waals surface area contributed by atoms with E-state index in [1.807, 2.05) is 0 Å². The molecule has 1 atom stereocenters. The minimum absolute atomic E-state index is 0.152. The first-order valence-corrected chi connectivity index (χ1v) is 3.93. The number of amides is 1. The molecule has 0 saturated carbocycles. The van der Waals surface area contributed by atoms with Crippen molar-refractivity contribution in [1.82, 2.24) is 10.2 Å². The maximum absolute atomic E-state index is 10.1. The number of aliphatic hydroxyl groups excluding tert-OH is 1. The van der Waals surface area contributed by atoms with Crippen LogP contribution in [0.1, 0.15) is 12.8 Å². The highest BCUT2D eigenvalue weighted by Crippen LogP contribution is 2.12. The van der Waals surface area contributed by atoms with Crippen molar-refractivity contribution in [2.24, 2.45) is 0 Å². The molecule has 1 saturated heterocycles. The van der Waals surface area contributed by atoms with Crippen LogP contribution in [0.15, 0.2) is 0 Å². The van der Waals surface area contributed by atoms with E-state index >= 15 is 0 Å². The maximum Gasteiger partial charge on any atom is 0.208 e. The second-order valence-corrected chi connectivity index (χ2v) is 2.70. The molecule has 2 N–H and O–H groups in total. The standard InChI is InChI=1S/C7H14N2O2/c10-5-4-9-3-1-2-7(9)8-6-11/h6-7,10H,1-5H2,(H,8,11). The summed E-state index contributed by atoms with van der Waals surface area (Å²) in [5.41, 5.74) is 0. The van der Waals surface area contributed by atoms with Crippen LogP contribution in [0.4, 0.5) is 0 Å². The van der Waals surface area contributed by atoms with E-state index in [9.17, 15) is 4.79 Å². The van der Waals surface area contributed by atoms with E-state index in [0.717, 1.165) is 25.8 Å². The zero-order valence-electron chi connectivity index (χ0n) is 6.49. The first-order chi connectivity index (χ1) is 5.38. The van der Waals surface area contributed by atoms with Gasteiger partial charge in [-0.25, -0.2) is 0 Å². The largest absolute Gasteiger partial charge is 0.395 e. The van der Waals surface area contributed by atoms with Gasteiger partial charge in [0.2, 0.25) is 6.41 Å². The molecule has 1 rings (SSSR count). The lowest BCUT2D eigenvalue weighted by molar-refractivity contribution is -0.111. The van der Waals surface area contributed by atoms with Crippen LogP contribution in [0.2, 0.25) is 0 Å². The smallest absolute Gasteiger partial charge is 0.208 e. The second-order valence-electron chi connectivity index (χ2n) is 2.70. The average Bonchev–Trinajstić information content (AvgIpc) is 2.39. The molecule has 0 aromatic carbocycles. The Morgan fingerprint density at radius 3 is 3.18 bits per heavy atom. The third kappa shape index (κ3) is 2.17. The Kier molecular flexibility index (Phi) is 3.32. The summed E-state index contributed by atoms with van der Waals surface area (Å²) in [4.78, 5) is 12.2. The van der Waals surface area contributed by atoms with Crippen molar-refractivity contribution in [1.29, 1.82) is 0 Å². The SMILES string of the molecule is O=CNC1CCCN1CCO. The first kappa shape index (κ1) is 8.49. The van der Waals surface area contributed by atoms with E-state index in [0.29, 0.717) is 6.54 Å². The number of hydrogen-bond acceptors (Lipinski definition) is 3. The second kappa shape index (κ2) is 4.31. The topological polar surface area (TPSA) is 52.6 Å². The summed E-state index contributed by atoms with van der Waals surface area (Å²) < 4.78 is 0. The number of nitrogens with zero attached hydrogens (tertiary/aromatic N) is 1. The van der Waals surface area contributed by atoms with E-state index in [1.54, 1.807) is 0 Å². The van der Waals surface area contributed by atoms with Crippen LogP contribution in [0.5, 0.6) is 0 Å². The van der Waals surface area contributed by atoms with Crippen molar-refractivity contribution >= 4 is 6.41 Å². The molecule has 1 fully saturated rings. The molecule has 1 unspecified atom stereocenters. The normalized spacial score (nSPS) is 25.4. The minimum Gasteiger partial charge on any atom is -0.395 e. The van der Waals surface area contributed by atoms with E-state index in [-0.39, 0.29) is 12.8 Å². The van der Waals surface area contributed by atoms with E-state index < -0.39 is 0 Å². The van der Waals surface area contributed by atoms with Gasteiger partial charge >= 0.3 is 0 Å². The van der Waals surface area contributed by atoms with E-state index in [2.05, 4.69) is 10.2 Å². The monoisotopic (exact) mass is 158 g/mol. The zero-order valence-corrected chi connectivity index (χ0v) is 6.49. The number of carbonyl (C=O) groups excluding carboxylic acids is 1. The molecule has 4 heteroatoms. The van der Waals surface area contributed by atoms with Gasteiger partial charge in [-0.05, 0) is 12.8 Å². The predicted molar refractivity (Wildman–Crippen MR) is 40.9 cm³/mol. The van der Waals surface area contributed by atoms with Crippen LogP contribution in [0, 0.1) is 0 Å². The molecule has 0 aromatic rings. The molecule has 0 spiro atoms. The highest BCUT2D eigenvalue weighted by molar-refractivity contribution is 5.46. The quantitative estimate of drug-likeness (QED) is 0.524. The summed E-state index contributed by atoms with van der Waals surface area (Å²) in [6.07, 6.45) is 2.98. The van der Waals surface area contributed by atoms with Gasteiger partial charge in [-0.1, -0.05) is 0 Å². The Hall–Kier alpha value is -0.610. The summed E-state index contributed by atoms with van der Waals surface area (Å²) in [6, 6.07) is 0. The molecule has 0 aromatic heterocycles. The fraction of sp³-hybridized carbons (Fsp3) is 0.857. The number of hydrogen-bond donors (Lipinski definition) is 2. The fourth-order valence-corrected chi connectivity index (χ4v) is 1.49. The van der Waals surface area contributed by atoms with Crippen molar-refractivity contribution in [3.63, 3.8) is 0 Å². The molecule has 0 radical (unpaired) electrons. The first-order valence-electron chi connectivity index (χ1n) is 3.93. The van der Waals surface area contributed by atoms with Crippen LogP contribution >= 0.6 is 0 Å². The fourth-order valence-electron chi connectivity index (χ4n) is 1.49. The highest BCUT2D eigenvalue weighted by atomic mass is 16.3. The van der Waals surface area contributed by atoms with Crippen LogP contribution < -0.4 is 5.32 Å². The molecular formula is C7H14N2O2. The van der Waals surface area contributed by atoms with Crippen LogP contribution in [-0.4, -0.2) is 42.3 Å². The van der Waals surface area contributed by atoms with Gasteiger partial charge in [-0.2, -0.15) is 0 Å².